The normalized spacial score (nSPS) is 11.3. The summed E-state index contributed by atoms with van der Waals surface area (Å²) in [6.07, 6.45) is 4.40. The van der Waals surface area contributed by atoms with E-state index in [4.69, 9.17) is 0 Å². The number of phenols is 1. The minimum absolute atomic E-state index is 0.00440. The highest BCUT2D eigenvalue weighted by Gasteiger charge is 2.09. The average molecular weight is 278 g/mol. The van der Waals surface area contributed by atoms with Crippen molar-refractivity contribution in [1.29, 1.82) is 0 Å². The fraction of sp³-hybridized carbons (Fsp3) is 0.154. The van der Waals surface area contributed by atoms with E-state index in [0.717, 1.165) is 17.4 Å². The summed E-state index contributed by atoms with van der Waals surface area (Å²) in [4.78, 5) is 4.02. The summed E-state index contributed by atoms with van der Waals surface area (Å²) in [5, 5.41) is 10.0. The van der Waals surface area contributed by atoms with Gasteiger partial charge in [0.15, 0.2) is 0 Å². The van der Waals surface area contributed by atoms with Gasteiger partial charge in [-0.1, -0.05) is 0 Å². The zero-order valence-corrected chi connectivity index (χ0v) is 11.4. The van der Waals surface area contributed by atoms with E-state index in [0.29, 0.717) is 11.3 Å². The lowest BCUT2D eigenvalue weighted by Crippen LogP contribution is -2.09. The number of phenolic OH excluding ortho intramolecular Hbond substituents is 1. The molecule has 5 nitrogen and oxygen atoms in total. The second-order valence-electron chi connectivity index (χ2n) is 4.30. The summed E-state index contributed by atoms with van der Waals surface area (Å²) >= 11 is 0. The Kier molecular flexibility index (Phi) is 3.44. The number of aromatic nitrogens is 1. The molecule has 100 valence electrons. The van der Waals surface area contributed by atoms with Crippen LogP contribution in [0, 0.1) is 6.92 Å². The van der Waals surface area contributed by atoms with Crippen LogP contribution in [-0.4, -0.2) is 24.8 Å². The maximum atomic E-state index is 11.1. The second-order valence-corrected chi connectivity index (χ2v) is 6.05. The van der Waals surface area contributed by atoms with Crippen LogP contribution in [0.15, 0.2) is 36.7 Å². The maximum Gasteiger partial charge on any atom is 0.229 e. The molecule has 1 aromatic carbocycles. The maximum absolute atomic E-state index is 11.1. The van der Waals surface area contributed by atoms with Gasteiger partial charge in [-0.3, -0.25) is 9.71 Å². The molecule has 0 aliphatic carbocycles. The monoisotopic (exact) mass is 278 g/mol. The van der Waals surface area contributed by atoms with E-state index in [1.54, 1.807) is 24.5 Å². The first-order valence-corrected chi connectivity index (χ1v) is 7.48. The molecule has 0 aliphatic heterocycles. The van der Waals surface area contributed by atoms with Crippen molar-refractivity contribution in [2.75, 3.05) is 11.0 Å². The first-order valence-electron chi connectivity index (χ1n) is 5.58. The van der Waals surface area contributed by atoms with E-state index in [1.807, 2.05) is 13.0 Å². The predicted octanol–water partition coefficient (Wildman–Crippen LogP) is 2.13. The van der Waals surface area contributed by atoms with Gasteiger partial charge in [-0.25, -0.2) is 8.42 Å². The third-order valence-corrected chi connectivity index (χ3v) is 3.24. The minimum atomic E-state index is -3.35. The lowest BCUT2D eigenvalue weighted by molar-refractivity contribution is 0.477. The van der Waals surface area contributed by atoms with Crippen molar-refractivity contribution >= 4 is 15.7 Å². The van der Waals surface area contributed by atoms with Gasteiger partial charge in [-0.15, -0.1) is 0 Å². The van der Waals surface area contributed by atoms with Crippen LogP contribution >= 0.6 is 0 Å². The van der Waals surface area contributed by atoms with Gasteiger partial charge in [0.05, 0.1) is 11.9 Å². The standard InChI is InChI=1S/C13H14N2O3S/c1-9-5-6-14-8-12(9)11-4-3-10(7-13(11)16)15-19(2,17)18/h3-8,15-16H,1-2H3. The lowest BCUT2D eigenvalue weighted by atomic mass is 10.0. The van der Waals surface area contributed by atoms with Crippen LogP contribution in [-0.2, 0) is 10.0 Å². The Labute approximate surface area is 112 Å². The van der Waals surface area contributed by atoms with Crippen LogP contribution in [0.4, 0.5) is 5.69 Å². The van der Waals surface area contributed by atoms with E-state index in [9.17, 15) is 13.5 Å². The van der Waals surface area contributed by atoms with Crippen molar-refractivity contribution in [3.8, 4) is 16.9 Å². The Hall–Kier alpha value is -2.08. The molecule has 2 rings (SSSR count). The van der Waals surface area contributed by atoms with Crippen molar-refractivity contribution in [1.82, 2.24) is 4.98 Å². The van der Waals surface area contributed by atoms with Crippen LogP contribution in [0.3, 0.4) is 0 Å². The zero-order valence-electron chi connectivity index (χ0n) is 10.6. The number of hydrogen-bond donors (Lipinski definition) is 2. The van der Waals surface area contributed by atoms with Crippen LogP contribution in [0.1, 0.15) is 5.56 Å². The Balaban J connectivity index is 2.43. The molecule has 0 amide bonds. The molecule has 2 N–H and O–H groups in total. The number of benzene rings is 1. The van der Waals surface area contributed by atoms with Gasteiger partial charge in [-0.05, 0) is 30.7 Å². The third kappa shape index (κ3) is 3.23. The molecule has 0 aliphatic rings. The van der Waals surface area contributed by atoms with Crippen molar-refractivity contribution in [2.45, 2.75) is 6.92 Å². The van der Waals surface area contributed by atoms with Crippen LogP contribution < -0.4 is 4.72 Å². The number of anilines is 1. The molecule has 2 aromatic rings. The van der Waals surface area contributed by atoms with Gasteiger partial charge >= 0.3 is 0 Å². The second kappa shape index (κ2) is 4.89. The summed E-state index contributed by atoms with van der Waals surface area (Å²) in [6, 6.07) is 6.48. The van der Waals surface area contributed by atoms with Crippen LogP contribution in [0.25, 0.3) is 11.1 Å². The molecule has 0 atom stereocenters. The number of nitrogens with zero attached hydrogens (tertiary/aromatic N) is 1. The summed E-state index contributed by atoms with van der Waals surface area (Å²) in [5.74, 6) is 0.00440. The van der Waals surface area contributed by atoms with Crippen molar-refractivity contribution in [3.05, 3.63) is 42.2 Å². The van der Waals surface area contributed by atoms with E-state index in [-0.39, 0.29) is 5.75 Å². The van der Waals surface area contributed by atoms with Gasteiger partial charge in [0.25, 0.3) is 0 Å². The number of hydrogen-bond acceptors (Lipinski definition) is 4. The quantitative estimate of drug-likeness (QED) is 0.901. The molecule has 6 heteroatoms. The molecular weight excluding hydrogens is 264 g/mol. The number of rotatable bonds is 3. The Morgan fingerprint density at radius 2 is 1.95 bits per heavy atom. The van der Waals surface area contributed by atoms with Crippen molar-refractivity contribution in [3.63, 3.8) is 0 Å². The van der Waals surface area contributed by atoms with Crippen LogP contribution in [0.2, 0.25) is 0 Å². The Morgan fingerprint density at radius 3 is 2.53 bits per heavy atom. The number of aromatic hydroxyl groups is 1. The molecule has 0 radical (unpaired) electrons. The Bertz CT molecular complexity index is 712. The summed E-state index contributed by atoms with van der Waals surface area (Å²) in [6.45, 7) is 1.92. The fourth-order valence-corrected chi connectivity index (χ4v) is 2.34. The smallest absolute Gasteiger partial charge is 0.229 e. The lowest BCUT2D eigenvalue weighted by Gasteiger charge is -2.10. The molecule has 0 spiro atoms. The number of pyridine rings is 1. The molecule has 0 unspecified atom stereocenters. The summed E-state index contributed by atoms with van der Waals surface area (Å²) < 4.78 is 24.5. The van der Waals surface area contributed by atoms with Gasteiger partial charge in [0.1, 0.15) is 5.75 Å². The third-order valence-electron chi connectivity index (χ3n) is 2.63. The molecule has 0 bridgehead atoms. The topological polar surface area (TPSA) is 79.3 Å². The first kappa shape index (κ1) is 13.4. The SMILES string of the molecule is Cc1ccncc1-c1ccc(NS(C)(=O)=O)cc1O. The Morgan fingerprint density at radius 1 is 1.21 bits per heavy atom. The van der Waals surface area contributed by atoms with Crippen molar-refractivity contribution in [2.24, 2.45) is 0 Å². The van der Waals surface area contributed by atoms with E-state index >= 15 is 0 Å². The zero-order chi connectivity index (χ0) is 14.0. The van der Waals surface area contributed by atoms with Gasteiger partial charge in [0, 0.05) is 29.6 Å². The predicted molar refractivity (Wildman–Crippen MR) is 74.5 cm³/mol. The molecule has 19 heavy (non-hydrogen) atoms. The number of nitrogens with one attached hydrogen (secondary N) is 1. The highest BCUT2D eigenvalue weighted by Crippen LogP contribution is 2.33. The number of sulfonamides is 1. The molecule has 0 saturated heterocycles. The molecular formula is C13H14N2O3S. The average Bonchev–Trinajstić information content (AvgIpc) is 2.28. The fourth-order valence-electron chi connectivity index (χ4n) is 1.78. The van der Waals surface area contributed by atoms with Gasteiger partial charge in [0.2, 0.25) is 10.0 Å². The number of aryl methyl sites for hydroxylation is 1. The van der Waals surface area contributed by atoms with E-state index in [1.165, 1.54) is 6.07 Å². The molecule has 1 heterocycles. The molecule has 1 aromatic heterocycles. The highest BCUT2D eigenvalue weighted by molar-refractivity contribution is 7.92. The van der Waals surface area contributed by atoms with Gasteiger partial charge < -0.3 is 5.11 Å². The van der Waals surface area contributed by atoms with Crippen LogP contribution in [0.5, 0.6) is 5.75 Å². The molecule has 0 saturated carbocycles. The first-order chi connectivity index (χ1) is 8.87. The summed E-state index contributed by atoms with van der Waals surface area (Å²) in [5.41, 5.74) is 2.73. The van der Waals surface area contributed by atoms with E-state index in [2.05, 4.69) is 9.71 Å². The highest BCUT2D eigenvalue weighted by atomic mass is 32.2. The molecule has 0 fully saturated rings. The van der Waals surface area contributed by atoms with Crippen molar-refractivity contribution < 1.29 is 13.5 Å². The van der Waals surface area contributed by atoms with Gasteiger partial charge in [-0.2, -0.15) is 0 Å². The largest absolute Gasteiger partial charge is 0.507 e. The van der Waals surface area contributed by atoms with E-state index < -0.39 is 10.0 Å². The minimum Gasteiger partial charge on any atom is -0.507 e. The summed E-state index contributed by atoms with van der Waals surface area (Å²) in [7, 11) is -3.35.